The van der Waals surface area contributed by atoms with E-state index in [0.29, 0.717) is 44.0 Å². The number of piperazine rings is 1. The van der Waals surface area contributed by atoms with Crippen LogP contribution >= 0.6 is 0 Å². The Morgan fingerprint density at radius 2 is 1.78 bits per heavy atom. The van der Waals surface area contributed by atoms with E-state index in [1.165, 1.54) is 10.7 Å². The lowest BCUT2D eigenvalue weighted by molar-refractivity contribution is -0.117. The first kappa shape index (κ1) is 24.6. The topological polar surface area (TPSA) is 102 Å². The molecule has 1 aliphatic carbocycles. The third kappa shape index (κ3) is 6.28. The number of anilines is 1. The van der Waals surface area contributed by atoms with Gasteiger partial charge in [0.25, 0.3) is 16.1 Å². The molecule has 1 aliphatic heterocycles. The van der Waals surface area contributed by atoms with Crippen LogP contribution in [0.3, 0.4) is 0 Å². The minimum Gasteiger partial charge on any atom is -0.352 e. The number of nitrogens with one attached hydrogen (secondary N) is 2. The monoisotopic (exact) mass is 465 g/mol. The number of rotatable bonds is 8. The van der Waals surface area contributed by atoms with Crippen LogP contribution in [-0.2, 0) is 15.0 Å². The summed E-state index contributed by atoms with van der Waals surface area (Å²) < 4.78 is 29.1. The molecular formula is C22H35N5O4S. The molecule has 0 spiro atoms. The van der Waals surface area contributed by atoms with E-state index in [1.807, 2.05) is 11.8 Å². The van der Waals surface area contributed by atoms with E-state index in [4.69, 9.17) is 0 Å². The highest BCUT2D eigenvalue weighted by molar-refractivity contribution is 7.86. The van der Waals surface area contributed by atoms with E-state index in [-0.39, 0.29) is 24.4 Å². The standard InChI is InChI=1S/C22H35N5O4S/c1-3-23-22(29)18-8-7-9-19(16-18)24-21(28)17-26-12-14-27(15-13-26)32(30,31)25(2)20-10-5-4-6-11-20/h7-9,16,20H,3-6,10-15,17H2,1-2H3,(H,23,29)(H,24,28). The molecule has 0 aromatic heterocycles. The average molecular weight is 466 g/mol. The van der Waals surface area contributed by atoms with Gasteiger partial charge in [-0.3, -0.25) is 14.5 Å². The van der Waals surface area contributed by atoms with Crippen molar-refractivity contribution in [3.05, 3.63) is 29.8 Å². The largest absolute Gasteiger partial charge is 0.352 e. The van der Waals surface area contributed by atoms with Crippen LogP contribution in [0.2, 0.25) is 0 Å². The second kappa shape index (κ2) is 11.2. The van der Waals surface area contributed by atoms with Crippen molar-refractivity contribution in [3.8, 4) is 0 Å². The summed E-state index contributed by atoms with van der Waals surface area (Å²) in [6, 6.07) is 6.91. The summed E-state index contributed by atoms with van der Waals surface area (Å²) in [6.45, 7) is 4.32. The zero-order valence-electron chi connectivity index (χ0n) is 19.0. The summed E-state index contributed by atoms with van der Waals surface area (Å²) in [5.74, 6) is -0.368. The van der Waals surface area contributed by atoms with Gasteiger partial charge in [-0.05, 0) is 38.0 Å². The van der Waals surface area contributed by atoms with E-state index in [9.17, 15) is 18.0 Å². The zero-order chi connectivity index (χ0) is 23.1. The lowest BCUT2D eigenvalue weighted by atomic mass is 9.96. The van der Waals surface area contributed by atoms with Gasteiger partial charge in [-0.15, -0.1) is 0 Å². The Balaban J connectivity index is 1.49. The van der Waals surface area contributed by atoms with Crippen LogP contribution in [-0.4, -0.2) is 86.1 Å². The average Bonchev–Trinajstić information content (AvgIpc) is 2.79. The van der Waals surface area contributed by atoms with Gasteiger partial charge in [-0.1, -0.05) is 25.3 Å². The Morgan fingerprint density at radius 1 is 1.09 bits per heavy atom. The van der Waals surface area contributed by atoms with Gasteiger partial charge in [0.1, 0.15) is 0 Å². The molecule has 178 valence electrons. The summed E-state index contributed by atoms with van der Waals surface area (Å²) in [5.41, 5.74) is 1.06. The van der Waals surface area contributed by atoms with E-state index in [1.54, 1.807) is 35.6 Å². The smallest absolute Gasteiger partial charge is 0.282 e. The molecule has 2 fully saturated rings. The SMILES string of the molecule is CCNC(=O)c1cccc(NC(=O)CN2CCN(S(=O)(=O)N(C)C3CCCCC3)CC2)c1. The van der Waals surface area contributed by atoms with E-state index < -0.39 is 10.2 Å². The van der Waals surface area contributed by atoms with Crippen LogP contribution in [0.25, 0.3) is 0 Å². The molecular weight excluding hydrogens is 430 g/mol. The van der Waals surface area contributed by atoms with Gasteiger partial charge < -0.3 is 10.6 Å². The van der Waals surface area contributed by atoms with Gasteiger partial charge in [-0.2, -0.15) is 17.0 Å². The van der Waals surface area contributed by atoms with Crippen molar-refractivity contribution in [3.63, 3.8) is 0 Å². The van der Waals surface area contributed by atoms with Gasteiger partial charge in [0.05, 0.1) is 6.54 Å². The van der Waals surface area contributed by atoms with E-state index >= 15 is 0 Å². The molecule has 2 aliphatic rings. The first-order chi connectivity index (χ1) is 15.3. The summed E-state index contributed by atoms with van der Waals surface area (Å²) >= 11 is 0. The fraction of sp³-hybridized carbons (Fsp3) is 0.636. The predicted molar refractivity (Wildman–Crippen MR) is 125 cm³/mol. The molecule has 1 aromatic carbocycles. The molecule has 1 heterocycles. The quantitative estimate of drug-likeness (QED) is 0.606. The Morgan fingerprint density at radius 3 is 2.44 bits per heavy atom. The first-order valence-corrected chi connectivity index (χ1v) is 12.8. The Bertz CT molecular complexity index is 893. The van der Waals surface area contributed by atoms with Gasteiger partial charge in [0, 0.05) is 57.1 Å². The molecule has 1 saturated carbocycles. The lowest BCUT2D eigenvalue weighted by Gasteiger charge is -2.38. The molecule has 3 rings (SSSR count). The number of nitrogens with zero attached hydrogens (tertiary/aromatic N) is 3. The molecule has 1 aromatic rings. The Kier molecular flexibility index (Phi) is 8.64. The molecule has 0 radical (unpaired) electrons. The normalized spacial score (nSPS) is 19.1. The predicted octanol–water partition coefficient (Wildman–Crippen LogP) is 1.50. The highest BCUT2D eigenvalue weighted by atomic mass is 32.2. The summed E-state index contributed by atoms with van der Waals surface area (Å²) in [4.78, 5) is 26.4. The number of carbonyl (C=O) groups is 2. The van der Waals surface area contributed by atoms with Crippen molar-refractivity contribution in [2.24, 2.45) is 0 Å². The maximum Gasteiger partial charge on any atom is 0.282 e. The third-order valence-electron chi connectivity index (χ3n) is 6.22. The third-order valence-corrected chi connectivity index (χ3v) is 8.27. The van der Waals surface area contributed by atoms with Crippen LogP contribution in [0.1, 0.15) is 49.4 Å². The number of benzene rings is 1. The van der Waals surface area contributed by atoms with Gasteiger partial charge in [0.15, 0.2) is 0 Å². The maximum atomic E-state index is 13.0. The zero-order valence-corrected chi connectivity index (χ0v) is 19.9. The van der Waals surface area contributed by atoms with Crippen molar-refractivity contribution < 1.29 is 18.0 Å². The van der Waals surface area contributed by atoms with Crippen LogP contribution < -0.4 is 10.6 Å². The molecule has 1 saturated heterocycles. The van der Waals surface area contributed by atoms with Crippen molar-refractivity contribution in [2.45, 2.75) is 45.1 Å². The van der Waals surface area contributed by atoms with Crippen LogP contribution in [0.5, 0.6) is 0 Å². The summed E-state index contributed by atoms with van der Waals surface area (Å²) in [7, 11) is -1.78. The minimum atomic E-state index is -3.48. The van der Waals surface area contributed by atoms with Crippen molar-refractivity contribution in [1.29, 1.82) is 0 Å². The fourth-order valence-electron chi connectivity index (χ4n) is 4.34. The number of amides is 2. The van der Waals surface area contributed by atoms with Crippen molar-refractivity contribution in [2.75, 3.05) is 51.6 Å². The van der Waals surface area contributed by atoms with Gasteiger partial charge in [-0.25, -0.2) is 0 Å². The Hall–Kier alpha value is -2.01. The fourth-order valence-corrected chi connectivity index (χ4v) is 5.91. The number of carbonyl (C=O) groups excluding carboxylic acids is 2. The highest BCUT2D eigenvalue weighted by Crippen LogP contribution is 2.25. The number of hydrogen-bond donors (Lipinski definition) is 2. The van der Waals surface area contributed by atoms with Crippen molar-refractivity contribution >= 4 is 27.7 Å². The summed E-state index contributed by atoms with van der Waals surface area (Å²) in [6.07, 6.45) is 5.20. The van der Waals surface area contributed by atoms with Crippen LogP contribution in [0, 0.1) is 0 Å². The molecule has 32 heavy (non-hydrogen) atoms. The van der Waals surface area contributed by atoms with E-state index in [0.717, 1.165) is 25.7 Å². The van der Waals surface area contributed by atoms with Crippen LogP contribution in [0.4, 0.5) is 5.69 Å². The van der Waals surface area contributed by atoms with Gasteiger partial charge >= 0.3 is 0 Å². The molecule has 0 unspecified atom stereocenters. The minimum absolute atomic E-state index is 0.0905. The Labute approximate surface area is 191 Å². The molecule has 2 amide bonds. The maximum absolute atomic E-state index is 13.0. The molecule has 0 bridgehead atoms. The van der Waals surface area contributed by atoms with Gasteiger partial charge in [0.2, 0.25) is 5.91 Å². The molecule has 2 N–H and O–H groups in total. The highest BCUT2D eigenvalue weighted by Gasteiger charge is 2.34. The van der Waals surface area contributed by atoms with Crippen LogP contribution in [0.15, 0.2) is 24.3 Å². The van der Waals surface area contributed by atoms with Crippen molar-refractivity contribution in [1.82, 2.24) is 18.8 Å². The first-order valence-electron chi connectivity index (χ1n) is 11.4. The second-order valence-corrected chi connectivity index (χ2v) is 10.5. The number of hydrogen-bond acceptors (Lipinski definition) is 5. The molecule has 0 atom stereocenters. The molecule has 9 nitrogen and oxygen atoms in total. The van der Waals surface area contributed by atoms with E-state index in [2.05, 4.69) is 10.6 Å². The second-order valence-electron chi connectivity index (χ2n) is 8.48. The summed E-state index contributed by atoms with van der Waals surface area (Å²) in [5, 5.41) is 5.56. The molecule has 10 heteroatoms. The lowest BCUT2D eigenvalue weighted by Crippen LogP contribution is -2.55.